The Balaban J connectivity index is 2.52. The highest BCUT2D eigenvalue weighted by Crippen LogP contribution is 2.19. The van der Waals surface area contributed by atoms with Gasteiger partial charge in [0.25, 0.3) is 0 Å². The van der Waals surface area contributed by atoms with Gasteiger partial charge in [0.15, 0.2) is 5.17 Å². The number of aliphatic imine (C=N–C) groups is 1. The van der Waals surface area contributed by atoms with E-state index in [9.17, 15) is 0 Å². The van der Waals surface area contributed by atoms with E-state index in [1.165, 1.54) is 5.17 Å². The maximum atomic E-state index is 4.54. The maximum Gasteiger partial charge on any atom is 0.159 e. The van der Waals surface area contributed by atoms with E-state index in [1.807, 2.05) is 11.8 Å². The first-order valence-corrected chi connectivity index (χ1v) is 5.22. The third-order valence-corrected chi connectivity index (χ3v) is 3.09. The van der Waals surface area contributed by atoms with E-state index in [2.05, 4.69) is 30.7 Å². The highest BCUT2D eigenvalue weighted by Gasteiger charge is 2.17. The summed E-state index contributed by atoms with van der Waals surface area (Å²) in [7, 11) is 0. The molecule has 0 unspecified atom stereocenters. The van der Waals surface area contributed by atoms with Gasteiger partial charge in [0.2, 0.25) is 0 Å². The highest BCUT2D eigenvalue weighted by atomic mass is 32.2. The van der Waals surface area contributed by atoms with Crippen molar-refractivity contribution in [3.05, 3.63) is 0 Å². The zero-order valence-electron chi connectivity index (χ0n) is 7.50. The Bertz CT molecular complexity index is 152. The van der Waals surface area contributed by atoms with Crippen LogP contribution in [0, 0.1) is 0 Å². The van der Waals surface area contributed by atoms with Crippen molar-refractivity contribution in [2.24, 2.45) is 4.99 Å². The van der Waals surface area contributed by atoms with Crippen LogP contribution in [0.2, 0.25) is 0 Å². The van der Waals surface area contributed by atoms with E-state index in [4.69, 9.17) is 0 Å². The molecule has 0 saturated carbocycles. The minimum Gasteiger partial charge on any atom is -0.352 e. The molecule has 1 heterocycles. The molecule has 0 amide bonds. The summed E-state index contributed by atoms with van der Waals surface area (Å²) in [5, 5.41) is 1.24. The molecule has 64 valence electrons. The Kier molecular flexibility index (Phi) is 3.24. The van der Waals surface area contributed by atoms with Gasteiger partial charge in [0.05, 0.1) is 6.04 Å². The maximum absolute atomic E-state index is 4.54. The predicted octanol–water partition coefficient (Wildman–Crippen LogP) is 1.82. The first kappa shape index (κ1) is 8.91. The van der Waals surface area contributed by atoms with E-state index in [0.29, 0.717) is 6.04 Å². The summed E-state index contributed by atoms with van der Waals surface area (Å²) in [5.41, 5.74) is 0. The van der Waals surface area contributed by atoms with Crippen molar-refractivity contribution >= 4 is 16.9 Å². The van der Waals surface area contributed by atoms with Crippen LogP contribution in [0.1, 0.15) is 20.8 Å². The zero-order valence-corrected chi connectivity index (χ0v) is 8.32. The largest absolute Gasteiger partial charge is 0.352 e. The zero-order chi connectivity index (χ0) is 8.27. The number of amidine groups is 1. The fraction of sp³-hybridized carbons (Fsp3) is 0.875. The monoisotopic (exact) mass is 172 g/mol. The number of hydrogen-bond acceptors (Lipinski definition) is 3. The van der Waals surface area contributed by atoms with E-state index in [-0.39, 0.29) is 0 Å². The van der Waals surface area contributed by atoms with Crippen molar-refractivity contribution in [2.75, 3.05) is 18.8 Å². The SMILES string of the molecule is CCN(CC)C1=N[C@H](C)CS1. The van der Waals surface area contributed by atoms with Gasteiger partial charge in [-0.3, -0.25) is 4.99 Å². The Hall–Kier alpha value is -0.180. The van der Waals surface area contributed by atoms with Gasteiger partial charge in [0.1, 0.15) is 0 Å². The van der Waals surface area contributed by atoms with Gasteiger partial charge in [0, 0.05) is 18.8 Å². The average Bonchev–Trinajstić information content (AvgIpc) is 2.39. The summed E-state index contributed by atoms with van der Waals surface area (Å²) >= 11 is 1.88. The molecule has 1 aliphatic rings. The van der Waals surface area contributed by atoms with Crippen LogP contribution in [-0.2, 0) is 0 Å². The molecule has 0 fully saturated rings. The van der Waals surface area contributed by atoms with Gasteiger partial charge >= 0.3 is 0 Å². The lowest BCUT2D eigenvalue weighted by molar-refractivity contribution is 0.473. The van der Waals surface area contributed by atoms with Crippen LogP contribution in [0.3, 0.4) is 0 Å². The fourth-order valence-corrected chi connectivity index (χ4v) is 2.29. The van der Waals surface area contributed by atoms with Crippen LogP contribution in [0.4, 0.5) is 0 Å². The van der Waals surface area contributed by atoms with Crippen LogP contribution in [-0.4, -0.2) is 35.0 Å². The van der Waals surface area contributed by atoms with Gasteiger partial charge in [-0.15, -0.1) is 0 Å². The van der Waals surface area contributed by atoms with Crippen LogP contribution >= 0.6 is 11.8 Å². The van der Waals surface area contributed by atoms with Crippen LogP contribution in [0.25, 0.3) is 0 Å². The van der Waals surface area contributed by atoms with Gasteiger partial charge in [-0.2, -0.15) is 0 Å². The molecule has 1 atom stereocenters. The second-order valence-corrected chi connectivity index (χ2v) is 3.73. The summed E-state index contributed by atoms with van der Waals surface area (Å²) in [6.45, 7) is 8.68. The first-order valence-electron chi connectivity index (χ1n) is 4.23. The summed E-state index contributed by atoms with van der Waals surface area (Å²) < 4.78 is 0. The second-order valence-electron chi connectivity index (χ2n) is 2.74. The third kappa shape index (κ3) is 2.12. The standard InChI is InChI=1S/C8H16N2S/c1-4-10(5-2)8-9-7(3)6-11-8/h7H,4-6H2,1-3H3/t7-/m1/s1. The smallest absolute Gasteiger partial charge is 0.159 e. The summed E-state index contributed by atoms with van der Waals surface area (Å²) in [6.07, 6.45) is 0. The molecular weight excluding hydrogens is 156 g/mol. The molecule has 0 aromatic carbocycles. The summed E-state index contributed by atoms with van der Waals surface area (Å²) in [6, 6.07) is 0.524. The fourth-order valence-electron chi connectivity index (χ4n) is 1.13. The van der Waals surface area contributed by atoms with Crippen molar-refractivity contribution < 1.29 is 0 Å². The summed E-state index contributed by atoms with van der Waals surface area (Å²) in [5.74, 6) is 1.16. The van der Waals surface area contributed by atoms with Gasteiger partial charge in [-0.25, -0.2) is 0 Å². The first-order chi connectivity index (χ1) is 5.27. The lowest BCUT2D eigenvalue weighted by atomic mass is 10.4. The Morgan fingerprint density at radius 1 is 1.55 bits per heavy atom. The lowest BCUT2D eigenvalue weighted by Gasteiger charge is -2.19. The molecule has 2 nitrogen and oxygen atoms in total. The number of thioether (sulfide) groups is 1. The van der Waals surface area contributed by atoms with E-state index >= 15 is 0 Å². The second kappa shape index (κ2) is 4.00. The average molecular weight is 172 g/mol. The molecule has 1 aliphatic heterocycles. The molecule has 3 heteroatoms. The Morgan fingerprint density at radius 3 is 2.55 bits per heavy atom. The van der Waals surface area contributed by atoms with E-state index in [1.54, 1.807) is 0 Å². The molecule has 0 saturated heterocycles. The quantitative estimate of drug-likeness (QED) is 0.631. The number of rotatable bonds is 2. The van der Waals surface area contributed by atoms with Crippen molar-refractivity contribution in [2.45, 2.75) is 26.8 Å². The lowest BCUT2D eigenvalue weighted by Crippen LogP contribution is -2.27. The molecule has 0 aromatic heterocycles. The molecule has 0 aliphatic carbocycles. The number of nitrogens with zero attached hydrogens (tertiary/aromatic N) is 2. The van der Waals surface area contributed by atoms with Crippen molar-refractivity contribution in [1.29, 1.82) is 0 Å². The van der Waals surface area contributed by atoms with E-state index < -0.39 is 0 Å². The van der Waals surface area contributed by atoms with Crippen molar-refractivity contribution in [1.82, 2.24) is 4.90 Å². The molecule has 0 radical (unpaired) electrons. The normalized spacial score (nSPS) is 23.5. The topological polar surface area (TPSA) is 15.6 Å². The molecule has 0 aromatic rings. The molecular formula is C8H16N2S. The van der Waals surface area contributed by atoms with E-state index in [0.717, 1.165) is 18.8 Å². The van der Waals surface area contributed by atoms with Crippen LogP contribution in [0.5, 0.6) is 0 Å². The summed E-state index contributed by atoms with van der Waals surface area (Å²) in [4.78, 5) is 6.85. The molecule has 1 rings (SSSR count). The number of hydrogen-bond donors (Lipinski definition) is 0. The van der Waals surface area contributed by atoms with Crippen molar-refractivity contribution in [3.8, 4) is 0 Å². The molecule has 0 N–H and O–H groups in total. The van der Waals surface area contributed by atoms with Gasteiger partial charge < -0.3 is 4.90 Å². The molecule has 0 spiro atoms. The Morgan fingerprint density at radius 2 is 2.18 bits per heavy atom. The highest BCUT2D eigenvalue weighted by molar-refractivity contribution is 8.14. The minimum atomic E-state index is 0.524. The van der Waals surface area contributed by atoms with Gasteiger partial charge in [-0.1, -0.05) is 11.8 Å². The van der Waals surface area contributed by atoms with Crippen LogP contribution in [0.15, 0.2) is 4.99 Å². The van der Waals surface area contributed by atoms with Gasteiger partial charge in [-0.05, 0) is 20.8 Å². The molecule has 11 heavy (non-hydrogen) atoms. The molecule has 0 bridgehead atoms. The Labute approximate surface area is 73.1 Å². The van der Waals surface area contributed by atoms with Crippen molar-refractivity contribution in [3.63, 3.8) is 0 Å². The minimum absolute atomic E-state index is 0.524. The third-order valence-electron chi connectivity index (χ3n) is 1.82. The predicted molar refractivity (Wildman–Crippen MR) is 52.3 cm³/mol. The van der Waals surface area contributed by atoms with Crippen LogP contribution < -0.4 is 0 Å².